The Bertz CT molecular complexity index is 1060. The van der Waals surface area contributed by atoms with Crippen LogP contribution in [0.5, 0.6) is 0 Å². The van der Waals surface area contributed by atoms with Crippen LogP contribution in [0.15, 0.2) is 24.5 Å². The number of fused-ring (bicyclic) bond motifs is 1. The van der Waals surface area contributed by atoms with Crippen LogP contribution in [0.4, 0.5) is 10.2 Å². The number of carbonyl (C=O) groups is 2. The fraction of sp³-hybridized carbons (Fsp3) is 0.600. The van der Waals surface area contributed by atoms with Crippen LogP contribution < -0.4 is 16.0 Å². The molecule has 2 aromatic rings. The van der Waals surface area contributed by atoms with Gasteiger partial charge >= 0.3 is 0 Å². The molecule has 9 heteroatoms. The normalized spacial score (nSPS) is 25.6. The molecular weight excluding hydrogens is 435 g/mol. The highest BCUT2D eigenvalue weighted by Gasteiger charge is 2.42. The molecule has 4 atom stereocenters. The first-order valence-corrected chi connectivity index (χ1v) is 12.1. The minimum absolute atomic E-state index is 0.0102. The van der Waals surface area contributed by atoms with Gasteiger partial charge in [0.05, 0.1) is 17.6 Å². The number of carbonyl (C=O) groups excluding carboxylic acids is 2. The van der Waals surface area contributed by atoms with Crippen molar-refractivity contribution in [3.05, 3.63) is 30.1 Å². The number of alkyl halides is 1. The second-order valence-electron chi connectivity index (χ2n) is 10.5. The fourth-order valence-electron chi connectivity index (χ4n) is 5.32. The Hall–Kier alpha value is -2.81. The first-order chi connectivity index (χ1) is 16.1. The molecule has 1 aliphatic carbocycles. The zero-order chi connectivity index (χ0) is 24.5. The van der Waals surface area contributed by atoms with Crippen LogP contribution in [-0.4, -0.2) is 62.9 Å². The molecule has 2 aliphatic rings. The SMILES string of the molecule is CC(=O)N[C@@H]1C[C@H](NC(C)(C)C)CC[C@@H]1N1CCC(Nc2ncnc3ccc(CF)cc23)C1=O. The highest BCUT2D eigenvalue weighted by molar-refractivity contribution is 5.93. The van der Waals surface area contributed by atoms with Crippen LogP contribution >= 0.6 is 0 Å². The summed E-state index contributed by atoms with van der Waals surface area (Å²) in [6.07, 6.45) is 4.65. The monoisotopic (exact) mass is 470 g/mol. The highest BCUT2D eigenvalue weighted by Crippen LogP contribution is 2.30. The van der Waals surface area contributed by atoms with Crippen molar-refractivity contribution in [2.24, 2.45) is 0 Å². The largest absolute Gasteiger partial charge is 0.358 e. The Labute approximate surface area is 200 Å². The molecule has 4 rings (SSSR count). The fourth-order valence-corrected chi connectivity index (χ4v) is 5.32. The van der Waals surface area contributed by atoms with Crippen molar-refractivity contribution in [1.82, 2.24) is 25.5 Å². The summed E-state index contributed by atoms with van der Waals surface area (Å²) in [5.74, 6) is 0.469. The Morgan fingerprint density at radius 1 is 1.21 bits per heavy atom. The van der Waals surface area contributed by atoms with Crippen molar-refractivity contribution in [3.63, 3.8) is 0 Å². The van der Waals surface area contributed by atoms with Crippen molar-refractivity contribution in [2.45, 2.75) is 89.8 Å². The number of aromatic nitrogens is 2. The van der Waals surface area contributed by atoms with Crippen molar-refractivity contribution in [2.75, 3.05) is 11.9 Å². The average Bonchev–Trinajstić information content (AvgIpc) is 3.12. The van der Waals surface area contributed by atoms with Crippen LogP contribution in [0.2, 0.25) is 0 Å². The van der Waals surface area contributed by atoms with Gasteiger partial charge in [0.1, 0.15) is 24.9 Å². The minimum Gasteiger partial charge on any atom is -0.358 e. The molecule has 2 fully saturated rings. The summed E-state index contributed by atoms with van der Waals surface area (Å²) in [6, 6.07) is 4.93. The average molecular weight is 471 g/mol. The number of anilines is 1. The van der Waals surface area contributed by atoms with E-state index in [0.29, 0.717) is 35.2 Å². The molecule has 1 saturated heterocycles. The lowest BCUT2D eigenvalue weighted by atomic mass is 9.84. The lowest BCUT2D eigenvalue weighted by Gasteiger charge is -2.43. The first-order valence-electron chi connectivity index (χ1n) is 12.1. The number of hydrogen-bond acceptors (Lipinski definition) is 6. The lowest BCUT2D eigenvalue weighted by Crippen LogP contribution is -2.59. The Kier molecular flexibility index (Phi) is 7.02. The van der Waals surface area contributed by atoms with Crippen molar-refractivity contribution < 1.29 is 14.0 Å². The van der Waals surface area contributed by atoms with Crippen LogP contribution in [0.1, 0.15) is 58.9 Å². The van der Waals surface area contributed by atoms with Crippen molar-refractivity contribution in [3.8, 4) is 0 Å². The van der Waals surface area contributed by atoms with Gasteiger partial charge in [-0.25, -0.2) is 14.4 Å². The lowest BCUT2D eigenvalue weighted by molar-refractivity contribution is -0.132. The third-order valence-corrected chi connectivity index (χ3v) is 6.64. The van der Waals surface area contributed by atoms with E-state index < -0.39 is 12.7 Å². The third-order valence-electron chi connectivity index (χ3n) is 6.64. The van der Waals surface area contributed by atoms with E-state index in [-0.39, 0.29) is 35.5 Å². The third kappa shape index (κ3) is 5.46. The summed E-state index contributed by atoms with van der Waals surface area (Å²) in [4.78, 5) is 35.9. The zero-order valence-corrected chi connectivity index (χ0v) is 20.4. The van der Waals surface area contributed by atoms with Gasteiger partial charge in [-0.3, -0.25) is 9.59 Å². The van der Waals surface area contributed by atoms with Crippen LogP contribution in [-0.2, 0) is 16.3 Å². The van der Waals surface area contributed by atoms with E-state index in [4.69, 9.17) is 0 Å². The van der Waals surface area contributed by atoms with Gasteiger partial charge in [-0.15, -0.1) is 0 Å². The Morgan fingerprint density at radius 2 is 2.00 bits per heavy atom. The van der Waals surface area contributed by atoms with E-state index in [2.05, 4.69) is 46.7 Å². The zero-order valence-electron chi connectivity index (χ0n) is 20.4. The topological polar surface area (TPSA) is 99.2 Å². The first kappa shape index (κ1) is 24.3. The molecule has 2 heterocycles. The summed E-state index contributed by atoms with van der Waals surface area (Å²) in [7, 11) is 0. The number of nitrogens with zero attached hydrogens (tertiary/aromatic N) is 3. The Morgan fingerprint density at radius 3 is 2.71 bits per heavy atom. The van der Waals surface area contributed by atoms with Crippen molar-refractivity contribution >= 4 is 28.5 Å². The van der Waals surface area contributed by atoms with Gasteiger partial charge in [-0.05, 0) is 64.2 Å². The summed E-state index contributed by atoms with van der Waals surface area (Å²) < 4.78 is 13.2. The van der Waals surface area contributed by atoms with Gasteiger partial charge in [0, 0.05) is 30.4 Å². The summed E-state index contributed by atoms with van der Waals surface area (Å²) in [5, 5.41) is 10.7. The molecule has 0 spiro atoms. The molecule has 1 aliphatic heterocycles. The predicted octanol–water partition coefficient (Wildman–Crippen LogP) is 2.93. The molecule has 3 N–H and O–H groups in total. The molecule has 0 radical (unpaired) electrons. The van der Waals surface area contributed by atoms with Gasteiger partial charge in [0.2, 0.25) is 11.8 Å². The summed E-state index contributed by atoms with van der Waals surface area (Å²) >= 11 is 0. The molecule has 1 aromatic carbocycles. The van der Waals surface area contributed by atoms with E-state index in [9.17, 15) is 14.0 Å². The van der Waals surface area contributed by atoms with Gasteiger partial charge in [-0.2, -0.15) is 0 Å². The molecule has 1 unspecified atom stereocenters. The number of rotatable bonds is 6. The van der Waals surface area contributed by atoms with Gasteiger partial charge < -0.3 is 20.9 Å². The van der Waals surface area contributed by atoms with E-state index in [1.54, 1.807) is 18.2 Å². The van der Waals surface area contributed by atoms with E-state index in [1.165, 1.54) is 13.3 Å². The maximum absolute atomic E-state index is 13.4. The van der Waals surface area contributed by atoms with Gasteiger partial charge in [0.25, 0.3) is 0 Å². The molecule has 184 valence electrons. The quantitative estimate of drug-likeness (QED) is 0.600. The second-order valence-corrected chi connectivity index (χ2v) is 10.5. The summed E-state index contributed by atoms with van der Waals surface area (Å²) in [5.41, 5.74) is 1.23. The van der Waals surface area contributed by atoms with E-state index >= 15 is 0 Å². The number of nitrogens with one attached hydrogen (secondary N) is 3. The second kappa shape index (κ2) is 9.82. The maximum Gasteiger partial charge on any atom is 0.245 e. The van der Waals surface area contributed by atoms with Gasteiger partial charge in [-0.1, -0.05) is 6.07 Å². The number of halogens is 1. The number of hydrogen-bond donors (Lipinski definition) is 3. The number of benzene rings is 1. The smallest absolute Gasteiger partial charge is 0.245 e. The molecule has 2 amide bonds. The number of amides is 2. The van der Waals surface area contributed by atoms with Crippen LogP contribution in [0, 0.1) is 0 Å². The van der Waals surface area contributed by atoms with Crippen molar-refractivity contribution in [1.29, 1.82) is 0 Å². The van der Waals surface area contributed by atoms with Crippen LogP contribution in [0.25, 0.3) is 10.9 Å². The molecule has 1 aromatic heterocycles. The predicted molar refractivity (Wildman–Crippen MR) is 130 cm³/mol. The Balaban J connectivity index is 1.49. The molecular formula is C25H35FN6O2. The van der Waals surface area contributed by atoms with E-state index in [0.717, 1.165) is 19.3 Å². The van der Waals surface area contributed by atoms with Gasteiger partial charge in [0.15, 0.2) is 0 Å². The molecule has 0 bridgehead atoms. The summed E-state index contributed by atoms with van der Waals surface area (Å²) in [6.45, 7) is 7.99. The molecule has 34 heavy (non-hydrogen) atoms. The highest BCUT2D eigenvalue weighted by atomic mass is 19.1. The van der Waals surface area contributed by atoms with E-state index in [1.807, 2.05) is 4.90 Å². The molecule has 8 nitrogen and oxygen atoms in total. The number of likely N-dealkylation sites (tertiary alicyclic amines) is 1. The minimum atomic E-state index is -0.572. The molecule has 1 saturated carbocycles. The maximum atomic E-state index is 13.4. The van der Waals surface area contributed by atoms with Crippen LogP contribution in [0.3, 0.4) is 0 Å². The standard InChI is InChI=1S/C25H35FN6O2/c1-15(33)29-21-12-17(31-25(2,3)4)6-8-22(21)32-10-9-20(24(32)34)30-23-18-11-16(13-26)5-7-19(18)27-14-28-23/h5,7,11,14,17,20-22,31H,6,8-10,12-13H2,1-4H3,(H,29,33)(H,27,28,30)/t17-,20?,21-,22+/m1/s1.